The van der Waals surface area contributed by atoms with Crippen molar-refractivity contribution in [1.82, 2.24) is 4.90 Å². The molecule has 1 heterocycles. The Hall–Kier alpha value is -0.770. The summed E-state index contributed by atoms with van der Waals surface area (Å²) in [5, 5.41) is 0. The highest BCUT2D eigenvalue weighted by Crippen LogP contribution is 2.21. The minimum Gasteiger partial charge on any atom is -0.494 e. The molecule has 1 aromatic rings. The third-order valence-electron chi connectivity index (χ3n) is 3.78. The average Bonchev–Trinajstić information content (AvgIpc) is 2.46. The van der Waals surface area contributed by atoms with Crippen molar-refractivity contribution in [3.8, 4) is 5.75 Å². The second kappa shape index (κ2) is 9.22. The maximum absolute atomic E-state index is 5.88. The molecule has 0 aromatic heterocycles. The summed E-state index contributed by atoms with van der Waals surface area (Å²) < 4.78 is 5.69. The van der Waals surface area contributed by atoms with Crippen LogP contribution >= 0.6 is 12.4 Å². The lowest BCUT2D eigenvalue weighted by atomic mass is 10.0. The standard InChI is InChI=1S/C16H26N2O.ClH/c1-2-10-19-16-8-5-6-14(11-16)13-18-9-4-3-7-15(18)12-17;/h5-6,8,11,15H,2-4,7,9-10,12-13,17H2,1H3;1H. The van der Waals surface area contributed by atoms with E-state index in [1.165, 1.54) is 31.4 Å². The van der Waals surface area contributed by atoms with E-state index >= 15 is 0 Å². The molecule has 0 saturated carbocycles. The molecule has 1 aromatic carbocycles. The smallest absolute Gasteiger partial charge is 0.119 e. The minimum absolute atomic E-state index is 0. The summed E-state index contributed by atoms with van der Waals surface area (Å²) >= 11 is 0. The van der Waals surface area contributed by atoms with Crippen molar-refractivity contribution >= 4 is 12.4 Å². The highest BCUT2D eigenvalue weighted by molar-refractivity contribution is 5.85. The maximum Gasteiger partial charge on any atom is 0.119 e. The molecule has 0 radical (unpaired) electrons. The predicted octanol–water partition coefficient (Wildman–Crippen LogP) is 3.21. The molecule has 3 nitrogen and oxygen atoms in total. The van der Waals surface area contributed by atoms with Crippen LogP contribution < -0.4 is 10.5 Å². The Balaban J connectivity index is 0.00000200. The fraction of sp³-hybridized carbons (Fsp3) is 0.625. The first-order chi connectivity index (χ1) is 9.33. The summed E-state index contributed by atoms with van der Waals surface area (Å²) in [6.45, 7) is 5.85. The molecule has 1 aliphatic heterocycles. The highest BCUT2D eigenvalue weighted by atomic mass is 35.5. The number of benzene rings is 1. The molecule has 1 fully saturated rings. The number of piperidine rings is 1. The van der Waals surface area contributed by atoms with E-state index in [-0.39, 0.29) is 12.4 Å². The number of hydrogen-bond donors (Lipinski definition) is 1. The van der Waals surface area contributed by atoms with Crippen molar-refractivity contribution in [2.24, 2.45) is 5.73 Å². The van der Waals surface area contributed by atoms with Gasteiger partial charge in [-0.3, -0.25) is 4.90 Å². The van der Waals surface area contributed by atoms with Gasteiger partial charge in [0.15, 0.2) is 0 Å². The second-order valence-electron chi connectivity index (χ2n) is 5.35. The van der Waals surface area contributed by atoms with Gasteiger partial charge in [-0.25, -0.2) is 0 Å². The van der Waals surface area contributed by atoms with E-state index in [4.69, 9.17) is 10.5 Å². The lowest BCUT2D eigenvalue weighted by molar-refractivity contribution is 0.144. The van der Waals surface area contributed by atoms with Crippen LogP contribution in [0.15, 0.2) is 24.3 Å². The number of likely N-dealkylation sites (tertiary alicyclic amines) is 1. The number of ether oxygens (including phenoxy) is 1. The molecular formula is C16H27ClN2O. The molecule has 1 unspecified atom stereocenters. The molecule has 0 bridgehead atoms. The van der Waals surface area contributed by atoms with Crippen LogP contribution in [-0.2, 0) is 6.54 Å². The van der Waals surface area contributed by atoms with Crippen LogP contribution in [0.1, 0.15) is 38.2 Å². The summed E-state index contributed by atoms with van der Waals surface area (Å²) in [5.41, 5.74) is 7.20. The lowest BCUT2D eigenvalue weighted by Gasteiger charge is -2.35. The summed E-state index contributed by atoms with van der Waals surface area (Å²) in [7, 11) is 0. The average molecular weight is 299 g/mol. The molecule has 0 spiro atoms. The zero-order valence-electron chi connectivity index (χ0n) is 12.4. The van der Waals surface area contributed by atoms with E-state index in [1.54, 1.807) is 0 Å². The third kappa shape index (κ3) is 4.97. The number of rotatable bonds is 6. The number of hydrogen-bond acceptors (Lipinski definition) is 3. The van der Waals surface area contributed by atoms with Crippen molar-refractivity contribution in [2.75, 3.05) is 19.7 Å². The zero-order valence-corrected chi connectivity index (χ0v) is 13.2. The van der Waals surface area contributed by atoms with E-state index in [0.717, 1.165) is 31.9 Å². The van der Waals surface area contributed by atoms with Gasteiger partial charge in [-0.15, -0.1) is 12.4 Å². The van der Waals surface area contributed by atoms with Gasteiger partial charge in [-0.1, -0.05) is 25.5 Å². The van der Waals surface area contributed by atoms with Crippen molar-refractivity contribution in [2.45, 2.75) is 45.2 Å². The first-order valence-electron chi connectivity index (χ1n) is 7.49. The van der Waals surface area contributed by atoms with Crippen LogP contribution in [-0.4, -0.2) is 30.6 Å². The van der Waals surface area contributed by atoms with Crippen molar-refractivity contribution in [3.63, 3.8) is 0 Å². The van der Waals surface area contributed by atoms with E-state index in [9.17, 15) is 0 Å². The first kappa shape index (κ1) is 17.3. The Bertz CT molecular complexity index is 386. The molecule has 114 valence electrons. The molecular weight excluding hydrogens is 272 g/mol. The molecule has 1 aliphatic rings. The summed E-state index contributed by atoms with van der Waals surface area (Å²) in [5.74, 6) is 0.987. The van der Waals surface area contributed by atoms with Gasteiger partial charge in [-0.2, -0.15) is 0 Å². The summed E-state index contributed by atoms with van der Waals surface area (Å²) in [6, 6.07) is 9.02. The van der Waals surface area contributed by atoms with Crippen LogP contribution in [0, 0.1) is 0 Å². The van der Waals surface area contributed by atoms with Gasteiger partial charge in [0.1, 0.15) is 5.75 Å². The Kier molecular flexibility index (Phi) is 7.97. The second-order valence-corrected chi connectivity index (χ2v) is 5.35. The molecule has 20 heavy (non-hydrogen) atoms. The Labute approximate surface area is 128 Å². The monoisotopic (exact) mass is 298 g/mol. The normalized spacial score (nSPS) is 19.4. The number of nitrogens with two attached hydrogens (primary N) is 1. The van der Waals surface area contributed by atoms with Crippen molar-refractivity contribution in [1.29, 1.82) is 0 Å². The zero-order chi connectivity index (χ0) is 13.5. The molecule has 1 atom stereocenters. The third-order valence-corrected chi connectivity index (χ3v) is 3.78. The van der Waals surface area contributed by atoms with E-state index in [1.807, 2.05) is 6.07 Å². The fourth-order valence-corrected chi connectivity index (χ4v) is 2.72. The Morgan fingerprint density at radius 2 is 2.20 bits per heavy atom. The van der Waals surface area contributed by atoms with E-state index < -0.39 is 0 Å². The fourth-order valence-electron chi connectivity index (χ4n) is 2.72. The maximum atomic E-state index is 5.88. The van der Waals surface area contributed by atoms with Crippen molar-refractivity contribution in [3.05, 3.63) is 29.8 Å². The largest absolute Gasteiger partial charge is 0.494 e. The highest BCUT2D eigenvalue weighted by Gasteiger charge is 2.20. The topological polar surface area (TPSA) is 38.5 Å². The van der Waals surface area contributed by atoms with Gasteiger partial charge in [0.25, 0.3) is 0 Å². The summed E-state index contributed by atoms with van der Waals surface area (Å²) in [4.78, 5) is 2.52. The number of nitrogens with zero attached hydrogens (tertiary/aromatic N) is 1. The lowest BCUT2D eigenvalue weighted by Crippen LogP contribution is -2.43. The number of halogens is 1. The van der Waals surface area contributed by atoms with Crippen LogP contribution in [0.3, 0.4) is 0 Å². The van der Waals surface area contributed by atoms with Gasteiger partial charge in [-0.05, 0) is 43.5 Å². The quantitative estimate of drug-likeness (QED) is 0.876. The Morgan fingerprint density at radius 1 is 1.35 bits per heavy atom. The molecule has 1 saturated heterocycles. The van der Waals surface area contributed by atoms with Crippen LogP contribution in [0.25, 0.3) is 0 Å². The molecule has 4 heteroatoms. The SMILES string of the molecule is CCCOc1cccc(CN2CCCCC2CN)c1.Cl. The summed E-state index contributed by atoms with van der Waals surface area (Å²) in [6.07, 6.45) is 4.90. The van der Waals surface area contributed by atoms with Gasteiger partial charge in [0, 0.05) is 19.1 Å². The van der Waals surface area contributed by atoms with Crippen molar-refractivity contribution < 1.29 is 4.74 Å². The predicted molar refractivity (Wildman–Crippen MR) is 86.6 cm³/mol. The minimum atomic E-state index is 0. The van der Waals surface area contributed by atoms with E-state index in [2.05, 4.69) is 30.0 Å². The van der Waals surface area contributed by atoms with Gasteiger partial charge < -0.3 is 10.5 Å². The molecule has 2 rings (SSSR count). The van der Waals surface area contributed by atoms with Gasteiger partial charge in [0.2, 0.25) is 0 Å². The van der Waals surface area contributed by atoms with Crippen LogP contribution in [0.4, 0.5) is 0 Å². The first-order valence-corrected chi connectivity index (χ1v) is 7.49. The van der Waals surface area contributed by atoms with Crippen LogP contribution in [0.5, 0.6) is 5.75 Å². The van der Waals surface area contributed by atoms with Crippen LogP contribution in [0.2, 0.25) is 0 Å². The molecule has 2 N–H and O–H groups in total. The van der Waals surface area contributed by atoms with Gasteiger partial charge in [0.05, 0.1) is 6.61 Å². The molecule has 0 amide bonds. The Morgan fingerprint density at radius 3 is 2.95 bits per heavy atom. The van der Waals surface area contributed by atoms with E-state index in [0.29, 0.717) is 6.04 Å². The molecule has 0 aliphatic carbocycles. The van der Waals surface area contributed by atoms with Gasteiger partial charge >= 0.3 is 0 Å².